The Balaban J connectivity index is 2.62. The van der Waals surface area contributed by atoms with Crippen molar-refractivity contribution < 1.29 is 4.79 Å². The molecule has 1 amide bonds. The van der Waals surface area contributed by atoms with Gasteiger partial charge in [0.1, 0.15) is 0 Å². The molecule has 1 aromatic carbocycles. The summed E-state index contributed by atoms with van der Waals surface area (Å²) in [5, 5.41) is 2.97. The van der Waals surface area contributed by atoms with Crippen LogP contribution in [0.25, 0.3) is 0 Å². The zero-order valence-corrected chi connectivity index (χ0v) is 12.9. The molecule has 1 atom stereocenters. The molecule has 0 heterocycles. The summed E-state index contributed by atoms with van der Waals surface area (Å²) < 4.78 is 0. The van der Waals surface area contributed by atoms with Crippen molar-refractivity contribution in [3.8, 4) is 0 Å². The van der Waals surface area contributed by atoms with Crippen molar-refractivity contribution >= 4 is 11.6 Å². The van der Waals surface area contributed by atoms with E-state index in [1.165, 1.54) is 0 Å². The number of anilines is 1. The number of hydrogen-bond acceptors (Lipinski definition) is 3. The van der Waals surface area contributed by atoms with E-state index in [1.807, 2.05) is 31.2 Å². The number of nitrogens with zero attached hydrogens (tertiary/aromatic N) is 1. The second-order valence-corrected chi connectivity index (χ2v) is 5.10. The Bertz CT molecular complexity index is 397. The molecular formula is C16H27N3O. The fraction of sp³-hybridized carbons (Fsp3) is 0.562. The summed E-state index contributed by atoms with van der Waals surface area (Å²) in [6.07, 6.45) is 2.12. The molecule has 0 fully saturated rings. The van der Waals surface area contributed by atoms with Gasteiger partial charge < -0.3 is 11.1 Å². The minimum absolute atomic E-state index is 0.0485. The van der Waals surface area contributed by atoms with Crippen molar-refractivity contribution in [2.24, 2.45) is 5.73 Å². The summed E-state index contributed by atoms with van der Waals surface area (Å²) in [6, 6.07) is 7.57. The first-order chi connectivity index (χ1) is 9.62. The lowest BCUT2D eigenvalue weighted by molar-refractivity contribution is -0.120. The Kier molecular flexibility index (Phi) is 7.26. The minimum Gasteiger partial charge on any atom is -0.326 e. The maximum absolute atomic E-state index is 12.3. The molecule has 3 N–H and O–H groups in total. The number of nitrogens with two attached hydrogens (primary N) is 1. The van der Waals surface area contributed by atoms with Crippen LogP contribution < -0.4 is 11.1 Å². The molecule has 0 aromatic heterocycles. The van der Waals surface area contributed by atoms with E-state index >= 15 is 0 Å². The highest BCUT2D eigenvalue weighted by atomic mass is 16.2. The molecule has 0 aliphatic carbocycles. The van der Waals surface area contributed by atoms with Crippen molar-refractivity contribution in [1.29, 1.82) is 0 Å². The Labute approximate surface area is 122 Å². The van der Waals surface area contributed by atoms with Crippen LogP contribution in [0.4, 0.5) is 5.69 Å². The van der Waals surface area contributed by atoms with Crippen LogP contribution in [0.2, 0.25) is 0 Å². The Morgan fingerprint density at radius 1 is 1.20 bits per heavy atom. The smallest absolute Gasteiger partial charge is 0.241 e. The van der Waals surface area contributed by atoms with Gasteiger partial charge in [0.05, 0.1) is 6.04 Å². The van der Waals surface area contributed by atoms with Crippen LogP contribution in [0.5, 0.6) is 0 Å². The van der Waals surface area contributed by atoms with Crippen LogP contribution in [-0.2, 0) is 11.3 Å². The van der Waals surface area contributed by atoms with E-state index in [0.717, 1.165) is 37.2 Å². The molecule has 0 radical (unpaired) electrons. The molecule has 0 saturated carbocycles. The van der Waals surface area contributed by atoms with E-state index in [0.29, 0.717) is 6.54 Å². The highest BCUT2D eigenvalue weighted by molar-refractivity contribution is 5.94. The maximum Gasteiger partial charge on any atom is 0.241 e. The largest absolute Gasteiger partial charge is 0.326 e. The van der Waals surface area contributed by atoms with Gasteiger partial charge in [0, 0.05) is 12.2 Å². The van der Waals surface area contributed by atoms with Gasteiger partial charge in [0.15, 0.2) is 0 Å². The maximum atomic E-state index is 12.3. The normalized spacial score (nSPS) is 12.4. The topological polar surface area (TPSA) is 58.4 Å². The molecule has 1 rings (SSSR count). The fourth-order valence-corrected chi connectivity index (χ4v) is 2.21. The lowest BCUT2D eigenvalue weighted by Gasteiger charge is -2.27. The zero-order valence-electron chi connectivity index (χ0n) is 12.9. The predicted molar refractivity (Wildman–Crippen MR) is 84.6 cm³/mol. The predicted octanol–water partition coefficient (Wildman–Crippen LogP) is 2.59. The van der Waals surface area contributed by atoms with Gasteiger partial charge in [-0.2, -0.15) is 0 Å². The van der Waals surface area contributed by atoms with E-state index in [2.05, 4.69) is 24.1 Å². The van der Waals surface area contributed by atoms with E-state index in [9.17, 15) is 4.79 Å². The number of carbonyl (C=O) groups is 1. The van der Waals surface area contributed by atoms with Crippen LogP contribution >= 0.6 is 0 Å². The second kappa shape index (κ2) is 8.72. The molecule has 0 spiro atoms. The van der Waals surface area contributed by atoms with Crippen LogP contribution in [0, 0.1) is 0 Å². The standard InChI is InChI=1S/C16H27N3O/c1-4-10-19(11-5-2)13(3)16(20)18-15-8-6-14(12-17)7-9-15/h6-9,13H,4-5,10-12,17H2,1-3H3,(H,18,20). The lowest BCUT2D eigenvalue weighted by Crippen LogP contribution is -2.42. The van der Waals surface area contributed by atoms with Crippen molar-refractivity contribution in [2.45, 2.75) is 46.2 Å². The number of carbonyl (C=O) groups excluding carboxylic acids is 1. The first kappa shape index (κ1) is 16.7. The van der Waals surface area contributed by atoms with Crippen LogP contribution in [0.3, 0.4) is 0 Å². The molecule has 20 heavy (non-hydrogen) atoms. The Hall–Kier alpha value is -1.39. The molecule has 4 nitrogen and oxygen atoms in total. The van der Waals surface area contributed by atoms with Gasteiger partial charge in [-0.1, -0.05) is 26.0 Å². The first-order valence-electron chi connectivity index (χ1n) is 7.46. The van der Waals surface area contributed by atoms with Gasteiger partial charge in [0.25, 0.3) is 0 Å². The van der Waals surface area contributed by atoms with Crippen molar-refractivity contribution in [2.75, 3.05) is 18.4 Å². The summed E-state index contributed by atoms with van der Waals surface area (Å²) in [5.74, 6) is 0.0485. The summed E-state index contributed by atoms with van der Waals surface area (Å²) in [4.78, 5) is 14.5. The van der Waals surface area contributed by atoms with E-state index in [4.69, 9.17) is 5.73 Å². The number of hydrogen-bond donors (Lipinski definition) is 2. The Morgan fingerprint density at radius 2 is 1.75 bits per heavy atom. The zero-order chi connectivity index (χ0) is 15.0. The molecule has 0 aliphatic rings. The average Bonchev–Trinajstić information content (AvgIpc) is 2.47. The highest BCUT2D eigenvalue weighted by Crippen LogP contribution is 2.11. The van der Waals surface area contributed by atoms with Gasteiger partial charge in [0.2, 0.25) is 5.91 Å². The van der Waals surface area contributed by atoms with E-state index in [1.54, 1.807) is 0 Å². The lowest BCUT2D eigenvalue weighted by atomic mass is 10.2. The molecule has 0 saturated heterocycles. The molecule has 1 aromatic rings. The molecule has 0 aliphatic heterocycles. The SMILES string of the molecule is CCCN(CCC)C(C)C(=O)Nc1ccc(CN)cc1. The molecule has 112 valence electrons. The third-order valence-corrected chi connectivity index (χ3v) is 3.41. The third-order valence-electron chi connectivity index (χ3n) is 3.41. The van der Waals surface area contributed by atoms with Crippen LogP contribution in [0.15, 0.2) is 24.3 Å². The van der Waals surface area contributed by atoms with Gasteiger partial charge in [-0.05, 0) is 50.6 Å². The summed E-state index contributed by atoms with van der Waals surface area (Å²) in [5.41, 5.74) is 7.45. The third kappa shape index (κ3) is 4.94. The summed E-state index contributed by atoms with van der Waals surface area (Å²) >= 11 is 0. The average molecular weight is 277 g/mol. The molecular weight excluding hydrogens is 250 g/mol. The summed E-state index contributed by atoms with van der Waals surface area (Å²) in [7, 11) is 0. The van der Waals surface area contributed by atoms with Crippen molar-refractivity contribution in [3.63, 3.8) is 0 Å². The van der Waals surface area contributed by atoms with Crippen LogP contribution in [-0.4, -0.2) is 29.9 Å². The highest BCUT2D eigenvalue weighted by Gasteiger charge is 2.19. The first-order valence-corrected chi connectivity index (χ1v) is 7.46. The summed E-state index contributed by atoms with van der Waals surface area (Å²) in [6.45, 7) is 8.67. The second-order valence-electron chi connectivity index (χ2n) is 5.10. The fourth-order valence-electron chi connectivity index (χ4n) is 2.21. The van der Waals surface area contributed by atoms with Gasteiger partial charge >= 0.3 is 0 Å². The van der Waals surface area contributed by atoms with E-state index in [-0.39, 0.29) is 11.9 Å². The van der Waals surface area contributed by atoms with Gasteiger partial charge in [-0.25, -0.2) is 0 Å². The van der Waals surface area contributed by atoms with Crippen LogP contribution in [0.1, 0.15) is 39.2 Å². The molecule has 4 heteroatoms. The Morgan fingerprint density at radius 3 is 2.20 bits per heavy atom. The van der Waals surface area contributed by atoms with Crippen molar-refractivity contribution in [1.82, 2.24) is 4.90 Å². The number of amides is 1. The number of benzene rings is 1. The quantitative estimate of drug-likeness (QED) is 0.768. The van der Waals surface area contributed by atoms with Gasteiger partial charge in [-0.3, -0.25) is 9.69 Å². The van der Waals surface area contributed by atoms with Gasteiger partial charge in [-0.15, -0.1) is 0 Å². The van der Waals surface area contributed by atoms with E-state index < -0.39 is 0 Å². The monoisotopic (exact) mass is 277 g/mol. The van der Waals surface area contributed by atoms with Crippen molar-refractivity contribution in [3.05, 3.63) is 29.8 Å². The minimum atomic E-state index is -0.107. The molecule has 0 bridgehead atoms. The number of rotatable bonds is 8. The molecule has 1 unspecified atom stereocenters. The number of nitrogens with one attached hydrogen (secondary N) is 1.